The van der Waals surface area contributed by atoms with Crippen molar-refractivity contribution in [2.45, 2.75) is 57.5 Å². The highest BCUT2D eigenvalue weighted by Gasteiger charge is 2.28. The van der Waals surface area contributed by atoms with E-state index < -0.39 is 0 Å². The Morgan fingerprint density at radius 3 is 3.00 bits per heavy atom. The van der Waals surface area contributed by atoms with Gasteiger partial charge in [0.15, 0.2) is 5.82 Å². The molecule has 8 heteroatoms. The van der Waals surface area contributed by atoms with Gasteiger partial charge in [0.2, 0.25) is 0 Å². The molecule has 124 valence electrons. The lowest BCUT2D eigenvalue weighted by Gasteiger charge is -2.17. The maximum absolute atomic E-state index is 4.88. The Labute approximate surface area is 143 Å². The van der Waals surface area contributed by atoms with Crippen LogP contribution in [0, 0.1) is 6.92 Å². The van der Waals surface area contributed by atoms with E-state index in [0.29, 0.717) is 12.0 Å². The molecular weight excluding hydrogens is 322 g/mol. The standard InChI is InChI=1S/C16H19N7S/c1-9-8-24-14-13(9)18-15(10-2-3-10)19-16(14)17-11-4-5-12-20-21-22-23(12)7-6-11/h8,10-11H,2-7H2,1H3,(H,17,18,19). The van der Waals surface area contributed by atoms with Crippen molar-refractivity contribution in [3.63, 3.8) is 0 Å². The third-order valence-electron chi connectivity index (χ3n) is 4.91. The Balaban J connectivity index is 1.45. The first-order valence-electron chi connectivity index (χ1n) is 8.55. The third-order valence-corrected chi connectivity index (χ3v) is 6.00. The lowest BCUT2D eigenvalue weighted by Crippen LogP contribution is -2.21. The van der Waals surface area contributed by atoms with Gasteiger partial charge in [0, 0.05) is 24.9 Å². The van der Waals surface area contributed by atoms with Crippen molar-refractivity contribution in [2.75, 3.05) is 5.32 Å². The average Bonchev–Trinajstić information content (AvgIpc) is 3.29. The molecule has 5 rings (SSSR count). The predicted octanol–water partition coefficient (Wildman–Crippen LogP) is 2.68. The van der Waals surface area contributed by atoms with Crippen LogP contribution in [0.5, 0.6) is 0 Å². The fraction of sp³-hybridized carbons (Fsp3) is 0.562. The summed E-state index contributed by atoms with van der Waals surface area (Å²) in [6, 6.07) is 0.376. The first-order chi connectivity index (χ1) is 11.8. The van der Waals surface area contributed by atoms with Crippen molar-refractivity contribution in [1.29, 1.82) is 0 Å². The summed E-state index contributed by atoms with van der Waals surface area (Å²) in [7, 11) is 0. The number of tetrazole rings is 1. The van der Waals surface area contributed by atoms with E-state index in [9.17, 15) is 0 Å². The molecule has 7 nitrogen and oxygen atoms in total. The quantitative estimate of drug-likeness (QED) is 0.789. The molecule has 0 amide bonds. The highest BCUT2D eigenvalue weighted by atomic mass is 32.1. The number of hydrogen-bond acceptors (Lipinski definition) is 7. The van der Waals surface area contributed by atoms with E-state index in [0.717, 1.165) is 48.8 Å². The molecule has 0 radical (unpaired) electrons. The molecule has 0 saturated heterocycles. The highest BCUT2D eigenvalue weighted by molar-refractivity contribution is 7.18. The van der Waals surface area contributed by atoms with Crippen molar-refractivity contribution in [3.8, 4) is 0 Å². The van der Waals surface area contributed by atoms with E-state index in [2.05, 4.69) is 33.1 Å². The summed E-state index contributed by atoms with van der Waals surface area (Å²) < 4.78 is 3.10. The van der Waals surface area contributed by atoms with Crippen LogP contribution >= 0.6 is 11.3 Å². The largest absolute Gasteiger partial charge is 0.366 e. The van der Waals surface area contributed by atoms with Crippen molar-refractivity contribution in [3.05, 3.63) is 22.6 Å². The van der Waals surface area contributed by atoms with Gasteiger partial charge in [-0.1, -0.05) is 0 Å². The molecule has 24 heavy (non-hydrogen) atoms. The molecule has 2 aliphatic rings. The van der Waals surface area contributed by atoms with Gasteiger partial charge in [-0.25, -0.2) is 14.6 Å². The minimum atomic E-state index is 0.376. The van der Waals surface area contributed by atoms with Gasteiger partial charge in [0.1, 0.15) is 11.6 Å². The van der Waals surface area contributed by atoms with Crippen LogP contribution in [0.25, 0.3) is 10.2 Å². The molecule has 3 aromatic rings. The number of thiophene rings is 1. The maximum atomic E-state index is 4.88. The molecule has 4 heterocycles. The molecular formula is C16H19N7S. The van der Waals surface area contributed by atoms with Crippen LogP contribution in [0.2, 0.25) is 0 Å². The molecule has 3 aromatic heterocycles. The summed E-state index contributed by atoms with van der Waals surface area (Å²) in [4.78, 5) is 9.70. The molecule has 1 unspecified atom stereocenters. The van der Waals surface area contributed by atoms with Crippen molar-refractivity contribution >= 4 is 27.4 Å². The Bertz CT molecular complexity index is 873. The zero-order valence-corrected chi connectivity index (χ0v) is 14.4. The summed E-state index contributed by atoms with van der Waals surface area (Å²) in [6.45, 7) is 2.99. The second-order valence-corrected chi connectivity index (χ2v) is 7.67. The molecule has 0 aromatic carbocycles. The van der Waals surface area contributed by atoms with E-state index >= 15 is 0 Å². The van der Waals surface area contributed by atoms with Crippen LogP contribution in [0.15, 0.2) is 5.38 Å². The second kappa shape index (κ2) is 5.47. The SMILES string of the molecule is Cc1csc2c(NC3CCc4nnnn4CC3)nc(C3CC3)nc12. The highest BCUT2D eigenvalue weighted by Crippen LogP contribution is 2.41. The number of anilines is 1. The molecule has 1 aliphatic heterocycles. The molecule has 0 spiro atoms. The fourth-order valence-corrected chi connectivity index (χ4v) is 4.25. The van der Waals surface area contributed by atoms with Gasteiger partial charge < -0.3 is 5.32 Å². The maximum Gasteiger partial charge on any atom is 0.151 e. The van der Waals surface area contributed by atoms with Gasteiger partial charge in [-0.05, 0) is 54.0 Å². The first-order valence-corrected chi connectivity index (χ1v) is 9.43. The lowest BCUT2D eigenvalue weighted by atomic mass is 10.1. The summed E-state index contributed by atoms with van der Waals surface area (Å²) in [5.41, 5.74) is 2.37. The van der Waals surface area contributed by atoms with E-state index in [4.69, 9.17) is 9.97 Å². The summed E-state index contributed by atoms with van der Waals surface area (Å²) in [5.74, 6) is 3.57. The first kappa shape index (κ1) is 14.3. The van der Waals surface area contributed by atoms with Crippen LogP contribution < -0.4 is 5.32 Å². The number of fused-ring (bicyclic) bond motifs is 2. The van der Waals surface area contributed by atoms with E-state index in [1.807, 2.05) is 4.68 Å². The number of hydrogen-bond donors (Lipinski definition) is 1. The molecule has 0 bridgehead atoms. The van der Waals surface area contributed by atoms with Gasteiger partial charge in [-0.2, -0.15) is 0 Å². The fourth-order valence-electron chi connectivity index (χ4n) is 3.31. The second-order valence-electron chi connectivity index (χ2n) is 6.79. The molecule has 1 saturated carbocycles. The zero-order chi connectivity index (χ0) is 16.1. The van der Waals surface area contributed by atoms with E-state index in [1.165, 1.54) is 23.1 Å². The minimum absolute atomic E-state index is 0.376. The van der Waals surface area contributed by atoms with Crippen molar-refractivity contribution in [2.24, 2.45) is 0 Å². The third kappa shape index (κ3) is 2.45. The van der Waals surface area contributed by atoms with Gasteiger partial charge in [0.25, 0.3) is 0 Å². The average molecular weight is 341 g/mol. The van der Waals surface area contributed by atoms with Crippen LogP contribution in [-0.2, 0) is 13.0 Å². The minimum Gasteiger partial charge on any atom is -0.366 e. The molecule has 1 aliphatic carbocycles. The number of nitrogens with one attached hydrogen (secondary N) is 1. The summed E-state index contributed by atoms with van der Waals surface area (Å²) in [5, 5.41) is 17.8. The van der Waals surface area contributed by atoms with Crippen molar-refractivity contribution in [1.82, 2.24) is 30.2 Å². The zero-order valence-electron chi connectivity index (χ0n) is 13.6. The van der Waals surface area contributed by atoms with Gasteiger partial charge in [0.05, 0.1) is 10.2 Å². The van der Waals surface area contributed by atoms with Crippen LogP contribution in [-0.4, -0.2) is 36.2 Å². The number of rotatable bonds is 3. The Kier molecular flexibility index (Phi) is 3.26. The topological polar surface area (TPSA) is 81.4 Å². The van der Waals surface area contributed by atoms with Gasteiger partial charge in [-0.15, -0.1) is 16.4 Å². The summed E-state index contributed by atoms with van der Waals surface area (Å²) in [6.07, 6.45) is 5.37. The van der Waals surface area contributed by atoms with Crippen molar-refractivity contribution < 1.29 is 0 Å². The van der Waals surface area contributed by atoms with Crippen LogP contribution in [0.4, 0.5) is 5.82 Å². The lowest BCUT2D eigenvalue weighted by molar-refractivity contribution is 0.531. The smallest absolute Gasteiger partial charge is 0.151 e. The van der Waals surface area contributed by atoms with E-state index in [-0.39, 0.29) is 0 Å². The monoisotopic (exact) mass is 341 g/mol. The van der Waals surface area contributed by atoms with Crippen LogP contribution in [0.1, 0.15) is 48.8 Å². The normalized spacial score (nSPS) is 20.8. The van der Waals surface area contributed by atoms with Gasteiger partial charge >= 0.3 is 0 Å². The predicted molar refractivity (Wildman–Crippen MR) is 92.3 cm³/mol. The van der Waals surface area contributed by atoms with Crippen LogP contribution in [0.3, 0.4) is 0 Å². The molecule has 1 fully saturated rings. The Morgan fingerprint density at radius 2 is 2.12 bits per heavy atom. The Hall–Kier alpha value is -2.09. The van der Waals surface area contributed by atoms with Gasteiger partial charge in [-0.3, -0.25) is 0 Å². The Morgan fingerprint density at radius 1 is 1.21 bits per heavy atom. The molecule has 1 atom stereocenters. The summed E-state index contributed by atoms with van der Waals surface area (Å²) >= 11 is 1.74. The number of aryl methyl sites for hydroxylation is 3. The number of aromatic nitrogens is 6. The number of nitrogens with zero attached hydrogens (tertiary/aromatic N) is 6. The van der Waals surface area contributed by atoms with E-state index in [1.54, 1.807) is 11.3 Å². The molecule has 1 N–H and O–H groups in total.